The molecule has 16 heavy (non-hydrogen) atoms. The third-order valence-electron chi connectivity index (χ3n) is 2.26. The van der Waals surface area contributed by atoms with Crippen LogP contribution in [0.15, 0.2) is 23.2 Å². The van der Waals surface area contributed by atoms with Crippen LogP contribution in [0, 0.1) is 6.92 Å². The van der Waals surface area contributed by atoms with Gasteiger partial charge in [-0.25, -0.2) is 15.8 Å². The van der Waals surface area contributed by atoms with Crippen molar-refractivity contribution in [2.45, 2.75) is 13.5 Å². The molecule has 0 bridgehead atoms. The highest BCUT2D eigenvalue weighted by Crippen LogP contribution is 2.18. The minimum atomic E-state index is 0.641. The number of rotatable bonds is 4. The lowest BCUT2D eigenvalue weighted by molar-refractivity contribution is 1.05. The van der Waals surface area contributed by atoms with Gasteiger partial charge in [-0.1, -0.05) is 0 Å². The average molecular weight is 235 g/mol. The molecule has 0 aliphatic rings. The van der Waals surface area contributed by atoms with Crippen molar-refractivity contribution in [1.29, 1.82) is 0 Å². The molecular weight excluding hydrogens is 222 g/mol. The Hall–Kier alpha value is -1.66. The van der Waals surface area contributed by atoms with Crippen LogP contribution in [-0.2, 0) is 6.54 Å². The third kappa shape index (κ3) is 2.29. The summed E-state index contributed by atoms with van der Waals surface area (Å²) in [5.41, 5.74) is 4.70. The van der Waals surface area contributed by atoms with Gasteiger partial charge in [0.1, 0.15) is 18.0 Å². The van der Waals surface area contributed by atoms with E-state index in [0.29, 0.717) is 5.82 Å². The normalized spacial score (nSPS) is 10.1. The first-order valence-corrected chi connectivity index (χ1v) is 5.78. The number of nitrogen functional groups attached to an aromatic ring is 1. The van der Waals surface area contributed by atoms with E-state index >= 15 is 0 Å². The van der Waals surface area contributed by atoms with E-state index in [0.717, 1.165) is 17.9 Å². The number of hydrazine groups is 1. The molecule has 0 atom stereocenters. The molecule has 2 aromatic heterocycles. The van der Waals surface area contributed by atoms with E-state index in [1.807, 2.05) is 6.92 Å². The molecule has 0 spiro atoms. The van der Waals surface area contributed by atoms with E-state index in [-0.39, 0.29) is 0 Å². The van der Waals surface area contributed by atoms with Crippen molar-refractivity contribution in [3.63, 3.8) is 0 Å². The topological polar surface area (TPSA) is 75.9 Å². The van der Waals surface area contributed by atoms with Crippen LogP contribution in [0.5, 0.6) is 0 Å². The van der Waals surface area contributed by atoms with Crippen LogP contribution in [0.2, 0.25) is 0 Å². The van der Waals surface area contributed by atoms with Crippen molar-refractivity contribution in [3.05, 3.63) is 34.3 Å². The van der Waals surface area contributed by atoms with Gasteiger partial charge in [0.25, 0.3) is 0 Å². The monoisotopic (exact) mass is 235 g/mol. The Balaban J connectivity index is 2.09. The van der Waals surface area contributed by atoms with Gasteiger partial charge in [-0.05, 0) is 29.3 Å². The van der Waals surface area contributed by atoms with Crippen molar-refractivity contribution in [1.82, 2.24) is 9.97 Å². The fraction of sp³-hybridized carbons (Fsp3) is 0.200. The summed E-state index contributed by atoms with van der Waals surface area (Å²) in [5, 5.41) is 7.41. The molecule has 0 aromatic carbocycles. The molecule has 2 aromatic rings. The van der Waals surface area contributed by atoms with E-state index in [2.05, 4.69) is 37.5 Å². The van der Waals surface area contributed by atoms with Crippen molar-refractivity contribution in [3.8, 4) is 0 Å². The summed E-state index contributed by atoms with van der Waals surface area (Å²) >= 11 is 1.68. The average Bonchev–Trinajstić information content (AvgIpc) is 2.81. The number of aromatic nitrogens is 2. The summed E-state index contributed by atoms with van der Waals surface area (Å²) in [6.45, 7) is 2.68. The molecule has 0 aliphatic carbocycles. The zero-order valence-corrected chi connectivity index (χ0v) is 9.71. The van der Waals surface area contributed by atoms with Crippen LogP contribution in [0.1, 0.15) is 11.1 Å². The summed E-state index contributed by atoms with van der Waals surface area (Å²) in [6.07, 6.45) is 1.48. The molecule has 6 heteroatoms. The smallest absolute Gasteiger partial charge is 0.148 e. The molecule has 4 N–H and O–H groups in total. The van der Waals surface area contributed by atoms with Gasteiger partial charge < -0.3 is 10.7 Å². The van der Waals surface area contributed by atoms with Crippen molar-refractivity contribution < 1.29 is 0 Å². The third-order valence-corrected chi connectivity index (χ3v) is 2.99. The minimum absolute atomic E-state index is 0.641. The van der Waals surface area contributed by atoms with Gasteiger partial charge in [-0.15, -0.1) is 0 Å². The van der Waals surface area contributed by atoms with Gasteiger partial charge in [0.05, 0.1) is 0 Å². The molecule has 0 fully saturated rings. The van der Waals surface area contributed by atoms with E-state index in [4.69, 9.17) is 5.84 Å². The second-order valence-electron chi connectivity index (χ2n) is 3.33. The Kier molecular flexibility index (Phi) is 3.33. The Bertz CT molecular complexity index is 454. The fourth-order valence-electron chi connectivity index (χ4n) is 1.35. The molecule has 0 saturated carbocycles. The summed E-state index contributed by atoms with van der Waals surface area (Å²) < 4.78 is 0. The van der Waals surface area contributed by atoms with E-state index in [9.17, 15) is 0 Å². The quantitative estimate of drug-likeness (QED) is 0.556. The maximum atomic E-state index is 5.34. The van der Waals surface area contributed by atoms with Gasteiger partial charge in [-0.2, -0.15) is 11.3 Å². The predicted molar refractivity (Wildman–Crippen MR) is 66.2 cm³/mol. The fourth-order valence-corrected chi connectivity index (χ4v) is 2.02. The zero-order chi connectivity index (χ0) is 11.4. The molecule has 0 amide bonds. The lowest BCUT2D eigenvalue weighted by Gasteiger charge is -2.09. The van der Waals surface area contributed by atoms with Gasteiger partial charge in [0.2, 0.25) is 0 Å². The van der Waals surface area contributed by atoms with Crippen molar-refractivity contribution >= 4 is 23.0 Å². The van der Waals surface area contributed by atoms with Gasteiger partial charge in [0.15, 0.2) is 0 Å². The molecule has 84 valence electrons. The lowest BCUT2D eigenvalue weighted by atomic mass is 10.3. The first-order chi connectivity index (χ1) is 7.81. The molecule has 5 nitrogen and oxygen atoms in total. The Labute approximate surface area is 97.7 Å². The van der Waals surface area contributed by atoms with Crippen LogP contribution in [0.3, 0.4) is 0 Å². The molecule has 2 heterocycles. The second-order valence-corrected chi connectivity index (χ2v) is 4.11. The van der Waals surface area contributed by atoms with Crippen LogP contribution in [0.4, 0.5) is 11.6 Å². The van der Waals surface area contributed by atoms with E-state index < -0.39 is 0 Å². The van der Waals surface area contributed by atoms with Gasteiger partial charge >= 0.3 is 0 Å². The molecule has 0 aliphatic heterocycles. The highest BCUT2D eigenvalue weighted by Gasteiger charge is 2.05. The minimum Gasteiger partial charge on any atom is -0.366 e. The first-order valence-electron chi connectivity index (χ1n) is 4.84. The van der Waals surface area contributed by atoms with Gasteiger partial charge in [-0.3, -0.25) is 0 Å². The standard InChI is InChI=1S/C10H13N5S/c1-7-9(13-6-14-10(7)15-11)12-4-8-2-3-16-5-8/h2-3,5-6H,4,11H2,1H3,(H2,12,13,14,15). The number of hydrogen-bond donors (Lipinski definition) is 3. The molecule has 0 saturated heterocycles. The van der Waals surface area contributed by atoms with Crippen LogP contribution in [-0.4, -0.2) is 9.97 Å². The number of hydrogen-bond acceptors (Lipinski definition) is 6. The molecule has 0 radical (unpaired) electrons. The summed E-state index contributed by atoms with van der Waals surface area (Å²) in [7, 11) is 0. The lowest BCUT2D eigenvalue weighted by Crippen LogP contribution is -2.12. The number of thiophene rings is 1. The predicted octanol–water partition coefficient (Wildman–Crippen LogP) is 1.74. The summed E-state index contributed by atoms with van der Waals surface area (Å²) in [4.78, 5) is 8.19. The van der Waals surface area contributed by atoms with Crippen LogP contribution < -0.4 is 16.6 Å². The Morgan fingerprint density at radius 1 is 1.38 bits per heavy atom. The van der Waals surface area contributed by atoms with E-state index in [1.165, 1.54) is 11.9 Å². The molecular formula is C10H13N5S. The Morgan fingerprint density at radius 2 is 2.19 bits per heavy atom. The highest BCUT2D eigenvalue weighted by molar-refractivity contribution is 7.07. The number of nitrogens with zero attached hydrogens (tertiary/aromatic N) is 2. The highest BCUT2D eigenvalue weighted by atomic mass is 32.1. The Morgan fingerprint density at radius 3 is 2.88 bits per heavy atom. The maximum absolute atomic E-state index is 5.34. The largest absolute Gasteiger partial charge is 0.366 e. The van der Waals surface area contributed by atoms with Crippen LogP contribution in [0.25, 0.3) is 0 Å². The first kappa shape index (κ1) is 10.8. The number of nitrogens with two attached hydrogens (primary N) is 1. The van der Waals surface area contributed by atoms with Crippen LogP contribution >= 0.6 is 11.3 Å². The summed E-state index contributed by atoms with van der Waals surface area (Å²) in [6, 6.07) is 2.08. The van der Waals surface area contributed by atoms with Crippen molar-refractivity contribution in [2.75, 3.05) is 10.7 Å². The molecule has 2 rings (SSSR count). The van der Waals surface area contributed by atoms with Crippen molar-refractivity contribution in [2.24, 2.45) is 5.84 Å². The maximum Gasteiger partial charge on any atom is 0.148 e. The zero-order valence-electron chi connectivity index (χ0n) is 8.90. The van der Waals surface area contributed by atoms with E-state index in [1.54, 1.807) is 11.3 Å². The summed E-state index contributed by atoms with van der Waals surface area (Å²) in [5.74, 6) is 6.79. The van der Waals surface area contributed by atoms with Gasteiger partial charge in [0, 0.05) is 12.1 Å². The second kappa shape index (κ2) is 4.91. The SMILES string of the molecule is Cc1c(NN)ncnc1NCc1ccsc1. The number of nitrogens with one attached hydrogen (secondary N) is 2. The molecule has 0 unspecified atom stereocenters. The number of anilines is 2.